The summed E-state index contributed by atoms with van der Waals surface area (Å²) in [6.45, 7) is -1.74. The van der Waals surface area contributed by atoms with E-state index in [4.69, 9.17) is 17.3 Å². The lowest BCUT2D eigenvalue weighted by molar-refractivity contribution is -0.140. The summed E-state index contributed by atoms with van der Waals surface area (Å²) in [6, 6.07) is -1.15. The van der Waals surface area contributed by atoms with Gasteiger partial charge in [0.05, 0.1) is 7.98 Å². The molecule has 1 unspecified atom stereocenters. The van der Waals surface area contributed by atoms with Crippen LogP contribution in [0.3, 0.4) is 0 Å². The van der Waals surface area contributed by atoms with Gasteiger partial charge in [0.1, 0.15) is 6.04 Å². The van der Waals surface area contributed by atoms with E-state index < -0.39 is 25.3 Å². The molecule has 2 atom stereocenters. The summed E-state index contributed by atoms with van der Waals surface area (Å²) < 4.78 is 6.70. The number of aliphatic carboxylic acids is 1. The van der Waals surface area contributed by atoms with Crippen LogP contribution in [0.2, 0.25) is 0 Å². The van der Waals surface area contributed by atoms with Crippen molar-refractivity contribution in [3.05, 3.63) is 0 Å². The highest BCUT2D eigenvalue weighted by molar-refractivity contribution is 5.73. The summed E-state index contributed by atoms with van der Waals surface area (Å²) in [5, 5.41) is 18.7. The van der Waals surface area contributed by atoms with Crippen molar-refractivity contribution >= 4 is 5.97 Å². The maximum Gasteiger partial charge on any atom is 0.323 e. The maximum atomic E-state index is 10.1. The molecule has 0 aromatic rings. The smallest absolute Gasteiger partial charge is 0.323 e. The number of carboxylic acid groups (broad SMARTS) is 1. The number of hydrogen-bond acceptors (Lipinski definition) is 4. The zero-order chi connectivity index (χ0) is 8.15. The molecule has 0 rings (SSSR count). The quantitative estimate of drug-likeness (QED) is 0.332. The molecule has 0 aromatic carbocycles. The van der Waals surface area contributed by atoms with Gasteiger partial charge in [-0.25, -0.2) is 0 Å². The van der Waals surface area contributed by atoms with Crippen molar-refractivity contribution in [1.82, 2.24) is 5.32 Å². The molecule has 0 saturated carbocycles. The van der Waals surface area contributed by atoms with Crippen molar-refractivity contribution < 1.29 is 16.4 Å². The molecule has 0 fully saturated rings. The first-order chi connectivity index (χ1) is 4.57. The average molecular weight is 135 g/mol. The van der Waals surface area contributed by atoms with Crippen LogP contribution in [-0.4, -0.2) is 35.5 Å². The molecule has 0 aliphatic rings. The molecule has 0 heterocycles. The van der Waals surface area contributed by atoms with Gasteiger partial charge in [0.25, 0.3) is 0 Å². The van der Waals surface area contributed by atoms with Crippen molar-refractivity contribution in [1.29, 1.82) is 0 Å². The van der Waals surface area contributed by atoms with Crippen molar-refractivity contribution in [2.24, 2.45) is 5.73 Å². The van der Waals surface area contributed by atoms with E-state index in [1.54, 1.807) is 0 Å². The molecule has 0 radical (unpaired) electrons. The zero-order valence-electron chi connectivity index (χ0n) is 5.74. The Balaban J connectivity index is 3.72. The lowest BCUT2D eigenvalue weighted by atomic mass is 10.3. The second-order valence-electron chi connectivity index (χ2n) is 1.41. The third-order valence-corrected chi connectivity index (χ3v) is 0.778. The predicted molar refractivity (Wildman–Crippen MR) is 30.7 cm³/mol. The fourth-order valence-corrected chi connectivity index (χ4v) is 0.318. The highest BCUT2D eigenvalue weighted by Crippen LogP contribution is 1.77. The molecular formula is C4H10N2O3. The largest absolute Gasteiger partial charge is 0.480 e. The number of aliphatic hydroxyl groups is 1. The first-order valence-corrected chi connectivity index (χ1v) is 2.35. The zero-order valence-corrected chi connectivity index (χ0v) is 4.74. The minimum absolute atomic E-state index is 0.568. The number of nitrogens with two attached hydrogens (primary N) is 1. The van der Waals surface area contributed by atoms with Crippen LogP contribution in [-0.2, 0) is 4.79 Å². The standard InChI is InChI=1S/C4H10N2O3/c5-2-6-3(1-7)4(8)9/h3,6-7H,1-2,5H2,(H,8,9)/t3-/m0/s1/i2D/t2?,3-. The van der Waals surface area contributed by atoms with Crippen LogP contribution >= 0.6 is 0 Å². The summed E-state index contributed by atoms with van der Waals surface area (Å²) in [5.74, 6) is -1.22. The van der Waals surface area contributed by atoms with Crippen LogP contribution in [0, 0.1) is 0 Å². The van der Waals surface area contributed by atoms with E-state index in [0.717, 1.165) is 0 Å². The third-order valence-electron chi connectivity index (χ3n) is 0.778. The fourth-order valence-electron chi connectivity index (χ4n) is 0.318. The Hall–Kier alpha value is -0.650. The van der Waals surface area contributed by atoms with Gasteiger partial charge in [0.15, 0.2) is 0 Å². The molecular weight excluding hydrogens is 124 g/mol. The van der Waals surface area contributed by atoms with Crippen molar-refractivity contribution in [3.63, 3.8) is 0 Å². The van der Waals surface area contributed by atoms with Gasteiger partial charge in [-0.2, -0.15) is 0 Å². The Labute approximate surface area is 53.9 Å². The maximum absolute atomic E-state index is 10.1. The topological polar surface area (TPSA) is 95.6 Å². The van der Waals surface area contributed by atoms with E-state index in [1.165, 1.54) is 0 Å². The van der Waals surface area contributed by atoms with Crippen LogP contribution in [0.1, 0.15) is 1.37 Å². The summed E-state index contributed by atoms with van der Waals surface area (Å²) in [6.07, 6.45) is 0. The van der Waals surface area contributed by atoms with Crippen molar-refractivity contribution in [2.45, 2.75) is 6.04 Å². The van der Waals surface area contributed by atoms with E-state index in [0.29, 0.717) is 0 Å². The molecule has 0 spiro atoms. The molecule has 0 aromatic heterocycles. The van der Waals surface area contributed by atoms with Crippen LogP contribution in [0.15, 0.2) is 0 Å². The third kappa shape index (κ3) is 3.02. The summed E-state index contributed by atoms with van der Waals surface area (Å²) >= 11 is 0. The van der Waals surface area contributed by atoms with Crippen LogP contribution in [0.5, 0.6) is 0 Å². The molecule has 5 nitrogen and oxygen atoms in total. The van der Waals surface area contributed by atoms with Gasteiger partial charge in [-0.05, 0) is 0 Å². The van der Waals surface area contributed by atoms with Crippen LogP contribution in [0.4, 0.5) is 0 Å². The van der Waals surface area contributed by atoms with Gasteiger partial charge in [-0.3, -0.25) is 10.1 Å². The Morgan fingerprint density at radius 1 is 2.00 bits per heavy atom. The Morgan fingerprint density at radius 3 is 2.67 bits per heavy atom. The molecule has 5 N–H and O–H groups in total. The van der Waals surface area contributed by atoms with Crippen molar-refractivity contribution in [2.75, 3.05) is 13.3 Å². The number of aliphatic hydroxyl groups excluding tert-OH is 1. The summed E-state index contributed by atoms with van der Waals surface area (Å²) in [5.41, 5.74) is 4.89. The number of nitrogens with one attached hydrogen (secondary N) is 1. The molecule has 0 aliphatic heterocycles. The lowest BCUT2D eigenvalue weighted by Gasteiger charge is -2.07. The minimum atomic E-state index is -1.22. The molecule has 0 bridgehead atoms. The second kappa shape index (κ2) is 4.25. The highest BCUT2D eigenvalue weighted by atomic mass is 16.4. The van der Waals surface area contributed by atoms with E-state index in [9.17, 15) is 4.79 Å². The molecule has 0 amide bonds. The Kier molecular flexibility index (Phi) is 3.06. The Bertz CT molecular complexity index is 119. The average Bonchev–Trinajstić information content (AvgIpc) is 1.81. The van der Waals surface area contributed by atoms with Gasteiger partial charge >= 0.3 is 5.97 Å². The minimum Gasteiger partial charge on any atom is -0.480 e. The normalized spacial score (nSPS) is 18.2. The molecule has 0 saturated heterocycles. The SMILES string of the molecule is [2H]C(N)N[C@@H](CO)C(=O)O. The molecule has 9 heavy (non-hydrogen) atoms. The lowest BCUT2D eigenvalue weighted by Crippen LogP contribution is -2.42. The monoisotopic (exact) mass is 135 g/mol. The van der Waals surface area contributed by atoms with Gasteiger partial charge < -0.3 is 15.9 Å². The Morgan fingerprint density at radius 2 is 2.56 bits per heavy atom. The van der Waals surface area contributed by atoms with Gasteiger partial charge in [-0.15, -0.1) is 0 Å². The number of rotatable bonds is 4. The second-order valence-corrected chi connectivity index (χ2v) is 1.41. The first-order valence-electron chi connectivity index (χ1n) is 2.93. The summed E-state index contributed by atoms with van der Waals surface area (Å²) in [4.78, 5) is 10.1. The van der Waals surface area contributed by atoms with Gasteiger partial charge in [0, 0.05) is 6.64 Å². The molecule has 0 aliphatic carbocycles. The van der Waals surface area contributed by atoms with E-state index in [-0.39, 0.29) is 0 Å². The van der Waals surface area contributed by atoms with Gasteiger partial charge in [0.2, 0.25) is 0 Å². The molecule has 54 valence electrons. The number of carboxylic acids is 1. The predicted octanol–water partition coefficient (Wildman–Crippen LogP) is -2.06. The van der Waals surface area contributed by atoms with Crippen molar-refractivity contribution in [3.8, 4) is 0 Å². The van der Waals surface area contributed by atoms with E-state index in [1.807, 2.05) is 0 Å². The fraction of sp³-hybridized carbons (Fsp3) is 0.750. The number of hydrogen-bond donors (Lipinski definition) is 4. The van der Waals surface area contributed by atoms with E-state index in [2.05, 4.69) is 5.32 Å². The van der Waals surface area contributed by atoms with Gasteiger partial charge in [-0.1, -0.05) is 0 Å². The first kappa shape index (κ1) is 6.47. The van der Waals surface area contributed by atoms with Crippen LogP contribution in [0.25, 0.3) is 0 Å². The van der Waals surface area contributed by atoms with Crippen LogP contribution < -0.4 is 11.1 Å². The number of carbonyl (C=O) groups is 1. The summed E-state index contributed by atoms with van der Waals surface area (Å²) in [7, 11) is 0. The molecule has 5 heteroatoms. The highest BCUT2D eigenvalue weighted by Gasteiger charge is 2.12. The van der Waals surface area contributed by atoms with E-state index >= 15 is 0 Å².